The number of aliphatic hydroxyl groups is 1. The van der Waals surface area contributed by atoms with Crippen molar-refractivity contribution in [2.24, 2.45) is 5.92 Å². The minimum absolute atomic E-state index is 0.00381. The highest BCUT2D eigenvalue weighted by Gasteiger charge is 2.41. The van der Waals surface area contributed by atoms with Crippen LogP contribution in [0.4, 0.5) is 5.82 Å². The van der Waals surface area contributed by atoms with Crippen molar-refractivity contribution in [3.8, 4) is 11.4 Å². The average molecular weight is 422 g/mol. The Morgan fingerprint density at radius 2 is 2.00 bits per heavy atom. The van der Waals surface area contributed by atoms with E-state index >= 15 is 0 Å². The van der Waals surface area contributed by atoms with Crippen molar-refractivity contribution in [3.63, 3.8) is 0 Å². The fraction of sp³-hybridized carbons (Fsp3) is 0.524. The maximum absolute atomic E-state index is 12.6. The average Bonchev–Trinajstić information content (AvgIpc) is 3.44. The molecule has 1 aliphatic heterocycles. The number of imidazole rings is 1. The maximum Gasteiger partial charge on any atom is 0.226 e. The molecule has 0 aromatic carbocycles. The number of aryl methyl sites for hydroxylation is 2. The largest absolute Gasteiger partial charge is 0.394 e. The summed E-state index contributed by atoms with van der Waals surface area (Å²) in [5.74, 6) is 2.38. The zero-order valence-corrected chi connectivity index (χ0v) is 17.7. The summed E-state index contributed by atoms with van der Waals surface area (Å²) in [7, 11) is 0. The summed E-state index contributed by atoms with van der Waals surface area (Å²) >= 11 is 0. The minimum atomic E-state index is -0.156. The molecule has 2 atom stereocenters. The number of amides is 1. The molecule has 2 fully saturated rings. The van der Waals surface area contributed by atoms with E-state index in [0.717, 1.165) is 29.9 Å². The molecule has 0 bridgehead atoms. The van der Waals surface area contributed by atoms with Gasteiger partial charge >= 0.3 is 0 Å². The Morgan fingerprint density at radius 3 is 2.68 bits per heavy atom. The topological polar surface area (TPSA) is 122 Å². The Hall–Kier alpha value is -3.14. The molecule has 0 spiro atoms. The predicted octanol–water partition coefficient (Wildman–Crippen LogP) is 1.40. The maximum atomic E-state index is 12.6. The van der Waals surface area contributed by atoms with Gasteiger partial charge in [-0.2, -0.15) is 0 Å². The molecule has 31 heavy (non-hydrogen) atoms. The quantitative estimate of drug-likeness (QED) is 0.611. The van der Waals surface area contributed by atoms with Crippen LogP contribution in [-0.2, 0) is 11.3 Å². The van der Waals surface area contributed by atoms with Crippen LogP contribution in [0.5, 0.6) is 0 Å². The number of carbonyl (C=O) groups excluding carboxylic acids is 1. The molecule has 1 saturated carbocycles. The van der Waals surface area contributed by atoms with Crippen LogP contribution in [0.1, 0.15) is 32.0 Å². The standard InChI is InChI=1S/C21H26N8O2/c1-3-28-19(14-7-22-12(2)23-8-14)27-17-18(24-11-25-20(17)28)26-15-6-16(10-30)29(9-15)21(31)13-4-5-13/h7-8,11,13,15-16,30H,3-6,9-10H2,1-2H3,(H,24,25,26). The molecule has 2 aliphatic rings. The van der Waals surface area contributed by atoms with E-state index in [0.29, 0.717) is 36.7 Å². The van der Waals surface area contributed by atoms with Gasteiger partial charge in [0.1, 0.15) is 18.0 Å². The van der Waals surface area contributed by atoms with Crippen LogP contribution in [0.15, 0.2) is 18.7 Å². The Bertz CT molecular complexity index is 1110. The summed E-state index contributed by atoms with van der Waals surface area (Å²) in [6.07, 6.45) is 7.64. The molecule has 3 aromatic heterocycles. The van der Waals surface area contributed by atoms with E-state index in [4.69, 9.17) is 4.98 Å². The number of aromatic nitrogens is 6. The predicted molar refractivity (Wildman–Crippen MR) is 114 cm³/mol. The van der Waals surface area contributed by atoms with E-state index in [2.05, 4.69) is 25.3 Å². The molecule has 1 saturated heterocycles. The van der Waals surface area contributed by atoms with Gasteiger partial charge in [-0.25, -0.2) is 24.9 Å². The fourth-order valence-corrected chi connectivity index (χ4v) is 4.29. The number of hydrogen-bond acceptors (Lipinski definition) is 8. The molecule has 162 valence electrons. The van der Waals surface area contributed by atoms with Gasteiger partial charge in [0, 0.05) is 37.4 Å². The van der Waals surface area contributed by atoms with Gasteiger partial charge in [-0.1, -0.05) is 0 Å². The SMILES string of the molecule is CCn1c(-c2cnc(C)nc2)nc2c(NC3CC(CO)N(C(=O)C4CC4)C3)ncnc21. The summed E-state index contributed by atoms with van der Waals surface area (Å²) in [5.41, 5.74) is 2.23. The normalized spacial score (nSPS) is 21.1. The van der Waals surface area contributed by atoms with Crippen molar-refractivity contribution >= 4 is 22.9 Å². The lowest BCUT2D eigenvalue weighted by molar-refractivity contribution is -0.134. The highest BCUT2D eigenvalue weighted by molar-refractivity contribution is 5.86. The second-order valence-electron chi connectivity index (χ2n) is 8.27. The van der Waals surface area contributed by atoms with Gasteiger partial charge in [0.15, 0.2) is 17.0 Å². The molecule has 10 heteroatoms. The summed E-state index contributed by atoms with van der Waals surface area (Å²) in [6, 6.07) is -0.160. The number of carbonyl (C=O) groups is 1. The Kier molecular flexibility index (Phi) is 5.01. The van der Waals surface area contributed by atoms with Crippen molar-refractivity contribution in [1.82, 2.24) is 34.4 Å². The highest BCUT2D eigenvalue weighted by Crippen LogP contribution is 2.34. The van der Waals surface area contributed by atoms with Crippen molar-refractivity contribution in [2.75, 3.05) is 18.5 Å². The first kappa shape index (κ1) is 19.8. The number of anilines is 1. The monoisotopic (exact) mass is 422 g/mol. The first-order valence-electron chi connectivity index (χ1n) is 10.8. The second-order valence-corrected chi connectivity index (χ2v) is 8.27. The van der Waals surface area contributed by atoms with Gasteiger partial charge in [0.2, 0.25) is 5.91 Å². The molecule has 5 rings (SSSR count). The molecule has 2 N–H and O–H groups in total. The summed E-state index contributed by atoms with van der Waals surface area (Å²) in [5, 5.41) is 13.2. The number of hydrogen-bond donors (Lipinski definition) is 2. The lowest BCUT2D eigenvalue weighted by Gasteiger charge is -2.22. The third-order valence-electron chi connectivity index (χ3n) is 6.06. The minimum Gasteiger partial charge on any atom is -0.394 e. The molecular formula is C21H26N8O2. The van der Waals surface area contributed by atoms with E-state index in [1.54, 1.807) is 12.4 Å². The molecule has 10 nitrogen and oxygen atoms in total. The Morgan fingerprint density at radius 1 is 1.23 bits per heavy atom. The van der Waals surface area contributed by atoms with Crippen LogP contribution in [0.3, 0.4) is 0 Å². The van der Waals surface area contributed by atoms with Crippen LogP contribution in [0.2, 0.25) is 0 Å². The molecule has 1 amide bonds. The number of likely N-dealkylation sites (tertiary alicyclic amines) is 1. The Balaban J connectivity index is 1.45. The molecule has 2 unspecified atom stereocenters. The van der Waals surface area contributed by atoms with E-state index in [1.165, 1.54) is 6.33 Å². The number of rotatable bonds is 6. The summed E-state index contributed by atoms with van der Waals surface area (Å²) in [6.45, 7) is 5.10. The van der Waals surface area contributed by atoms with Gasteiger partial charge in [-0.3, -0.25) is 4.79 Å². The van der Waals surface area contributed by atoms with Crippen LogP contribution in [0.25, 0.3) is 22.6 Å². The third-order valence-corrected chi connectivity index (χ3v) is 6.06. The molecule has 1 aliphatic carbocycles. The fourth-order valence-electron chi connectivity index (χ4n) is 4.29. The van der Waals surface area contributed by atoms with Gasteiger partial charge in [0.05, 0.1) is 18.2 Å². The first-order valence-corrected chi connectivity index (χ1v) is 10.8. The van der Waals surface area contributed by atoms with Crippen molar-refractivity contribution < 1.29 is 9.90 Å². The van der Waals surface area contributed by atoms with Gasteiger partial charge < -0.3 is 19.9 Å². The zero-order chi connectivity index (χ0) is 21.5. The van der Waals surface area contributed by atoms with Crippen LogP contribution >= 0.6 is 0 Å². The van der Waals surface area contributed by atoms with Crippen LogP contribution < -0.4 is 5.32 Å². The van der Waals surface area contributed by atoms with Crippen LogP contribution in [0, 0.1) is 12.8 Å². The lowest BCUT2D eigenvalue weighted by atomic mass is 10.2. The van der Waals surface area contributed by atoms with Crippen molar-refractivity contribution in [3.05, 3.63) is 24.5 Å². The Labute approximate surface area is 179 Å². The van der Waals surface area contributed by atoms with E-state index in [1.807, 2.05) is 23.3 Å². The van der Waals surface area contributed by atoms with Crippen molar-refractivity contribution in [2.45, 2.75) is 51.7 Å². The van der Waals surface area contributed by atoms with E-state index in [-0.39, 0.29) is 30.5 Å². The number of nitrogens with one attached hydrogen (secondary N) is 1. The number of aliphatic hydroxyl groups excluding tert-OH is 1. The zero-order valence-electron chi connectivity index (χ0n) is 17.7. The number of fused-ring (bicyclic) bond motifs is 1. The van der Waals surface area contributed by atoms with E-state index < -0.39 is 0 Å². The van der Waals surface area contributed by atoms with Crippen LogP contribution in [-0.4, -0.2) is 70.6 Å². The number of nitrogens with zero attached hydrogens (tertiary/aromatic N) is 7. The van der Waals surface area contributed by atoms with Crippen molar-refractivity contribution in [1.29, 1.82) is 0 Å². The second kappa shape index (κ2) is 7.84. The third kappa shape index (κ3) is 3.60. The van der Waals surface area contributed by atoms with Gasteiger partial charge in [-0.15, -0.1) is 0 Å². The first-order chi connectivity index (χ1) is 15.1. The molecule has 0 radical (unpaired) electrons. The highest BCUT2D eigenvalue weighted by atomic mass is 16.3. The molecule has 3 aromatic rings. The smallest absolute Gasteiger partial charge is 0.226 e. The summed E-state index contributed by atoms with van der Waals surface area (Å²) in [4.78, 5) is 36.7. The lowest BCUT2D eigenvalue weighted by Crippen LogP contribution is -2.39. The summed E-state index contributed by atoms with van der Waals surface area (Å²) < 4.78 is 2.02. The molecule has 4 heterocycles. The van der Waals surface area contributed by atoms with Gasteiger partial charge in [0.25, 0.3) is 0 Å². The molecular weight excluding hydrogens is 396 g/mol. The van der Waals surface area contributed by atoms with E-state index in [9.17, 15) is 9.90 Å². The van der Waals surface area contributed by atoms with Gasteiger partial charge in [-0.05, 0) is 33.1 Å².